The molecule has 60 heavy (non-hydrogen) atoms. The third kappa shape index (κ3) is 6.85. The van der Waals surface area contributed by atoms with Gasteiger partial charge in [-0.15, -0.1) is 6.58 Å². The average Bonchev–Trinajstić information content (AvgIpc) is 3.60. The zero-order valence-electron chi connectivity index (χ0n) is 35.7. The second-order valence-corrected chi connectivity index (χ2v) is 21.9. The largest absolute Gasteiger partial charge is 0.464 e. The number of carbonyl (C=O) groups excluding carboxylic acids is 5. The Morgan fingerprint density at radius 3 is 2.22 bits per heavy atom. The number of rotatable bonds is 12. The van der Waals surface area contributed by atoms with Crippen LogP contribution < -0.4 is 20.7 Å². The second-order valence-electron chi connectivity index (χ2n) is 20.2. The SMILES string of the molecule is C=C[C@@H]1C[C@]1(NC(=O)[C@@H]1C[C@@]2(CN1C(=O)[C@@H](NC(=O)[C@@H](NC(=O)c1ccc3occc3c1)C1CCCCC1)C(C)(C)C)C(C)(C)C21CCC1)C(=O)NS(=O)(=O)N1CCCC1. The first-order valence-corrected chi connectivity index (χ1v) is 23.4. The van der Waals surface area contributed by atoms with E-state index in [4.69, 9.17) is 4.42 Å². The molecule has 1 aromatic carbocycles. The van der Waals surface area contributed by atoms with Gasteiger partial charge < -0.3 is 25.3 Å². The molecule has 5 amide bonds. The molecule has 0 bridgehead atoms. The zero-order chi connectivity index (χ0) is 43.0. The van der Waals surface area contributed by atoms with E-state index in [0.29, 0.717) is 50.0 Å². The minimum atomic E-state index is -4.12. The van der Waals surface area contributed by atoms with E-state index < -0.39 is 74.7 Å². The smallest absolute Gasteiger partial charge is 0.303 e. The van der Waals surface area contributed by atoms with Crippen molar-refractivity contribution in [1.82, 2.24) is 29.9 Å². The fourth-order valence-electron chi connectivity index (χ4n) is 11.8. The number of hydrogen-bond acceptors (Lipinski definition) is 8. The Hall–Kier alpha value is -4.24. The van der Waals surface area contributed by atoms with Crippen LogP contribution in [0.2, 0.25) is 0 Å². The molecule has 4 saturated carbocycles. The highest BCUT2D eigenvalue weighted by atomic mass is 32.2. The van der Waals surface area contributed by atoms with Crippen LogP contribution in [-0.4, -0.2) is 90.5 Å². The summed E-state index contributed by atoms with van der Waals surface area (Å²) in [5.74, 6) is -3.24. The van der Waals surface area contributed by atoms with Gasteiger partial charge in [0.2, 0.25) is 17.7 Å². The third-order valence-electron chi connectivity index (χ3n) is 15.9. The Kier molecular flexibility index (Phi) is 10.6. The van der Waals surface area contributed by atoms with Gasteiger partial charge in [-0.25, -0.2) is 4.72 Å². The Balaban J connectivity index is 1.06. The fourth-order valence-corrected chi connectivity index (χ4v) is 13.1. The van der Waals surface area contributed by atoms with Crippen LogP contribution in [0.3, 0.4) is 0 Å². The molecule has 3 heterocycles. The summed E-state index contributed by atoms with van der Waals surface area (Å²) in [6.07, 6.45) is 12.5. The monoisotopic (exact) mass is 846 g/mol. The second kappa shape index (κ2) is 15.0. The molecule has 2 aliphatic heterocycles. The number of benzene rings is 1. The summed E-state index contributed by atoms with van der Waals surface area (Å²) in [5, 5.41) is 9.85. The van der Waals surface area contributed by atoms with Gasteiger partial charge in [0.1, 0.15) is 29.2 Å². The number of likely N-dealkylation sites (tertiary alicyclic amines) is 1. The Morgan fingerprint density at radius 1 is 0.917 bits per heavy atom. The molecule has 6 aliphatic rings. The molecule has 4 N–H and O–H groups in total. The molecule has 2 aromatic rings. The molecule has 15 heteroatoms. The van der Waals surface area contributed by atoms with Crippen LogP contribution in [0.5, 0.6) is 0 Å². The van der Waals surface area contributed by atoms with E-state index in [9.17, 15) is 27.6 Å². The highest BCUT2D eigenvalue weighted by Crippen LogP contribution is 2.88. The molecule has 326 valence electrons. The predicted octanol–water partition coefficient (Wildman–Crippen LogP) is 4.96. The summed E-state index contributed by atoms with van der Waals surface area (Å²) < 4.78 is 35.3. The van der Waals surface area contributed by atoms with E-state index in [2.05, 4.69) is 41.1 Å². The molecule has 14 nitrogen and oxygen atoms in total. The maximum atomic E-state index is 15.3. The maximum Gasteiger partial charge on any atom is 0.303 e. The number of fused-ring (bicyclic) bond motifs is 2. The molecular weight excluding hydrogens is 785 g/mol. The number of carbonyl (C=O) groups is 5. The number of amides is 5. The van der Waals surface area contributed by atoms with Gasteiger partial charge in [-0.05, 0) is 97.8 Å². The van der Waals surface area contributed by atoms with Gasteiger partial charge in [-0.3, -0.25) is 24.0 Å². The normalized spacial score (nSPS) is 29.4. The van der Waals surface area contributed by atoms with Crippen LogP contribution in [-0.2, 0) is 29.4 Å². The number of nitrogens with zero attached hydrogens (tertiary/aromatic N) is 2. The van der Waals surface area contributed by atoms with Crippen molar-refractivity contribution in [2.24, 2.45) is 33.5 Å². The van der Waals surface area contributed by atoms with Crippen molar-refractivity contribution in [2.75, 3.05) is 19.6 Å². The van der Waals surface area contributed by atoms with Crippen molar-refractivity contribution in [2.45, 2.75) is 135 Å². The fraction of sp³-hybridized carbons (Fsp3) is 0.667. The van der Waals surface area contributed by atoms with Crippen molar-refractivity contribution < 1.29 is 36.8 Å². The van der Waals surface area contributed by atoms with Crippen LogP contribution in [0.1, 0.15) is 122 Å². The molecule has 8 rings (SSSR count). The van der Waals surface area contributed by atoms with E-state index in [1.54, 1.807) is 41.5 Å². The summed E-state index contributed by atoms with van der Waals surface area (Å²) in [7, 11) is -4.12. The standard InChI is InChI=1S/C45H62N6O8S/c1-7-31-25-45(31,40(56)49-60(57,58)50-21-11-12-22-50)48-37(53)32-26-44(42(5,6)43(44)19-13-20-43)27-51(32)39(55)35(41(2,3)4)47-38(54)34(28-14-9-8-10-15-28)46-36(52)30-16-17-33-29(24-30)18-23-59-33/h7,16-18,23-24,28,31-32,34-35H,1,8-15,19-22,25-27H2,2-6H3,(H,46,52)(H,47,54)(H,48,53)(H,49,56)/t31-,32+,34+,35-,44-,45-/m1/s1. The molecule has 6 fully saturated rings. The highest BCUT2D eigenvalue weighted by molar-refractivity contribution is 7.87. The van der Waals surface area contributed by atoms with E-state index >= 15 is 4.79 Å². The molecular formula is C45H62N6O8S. The summed E-state index contributed by atoms with van der Waals surface area (Å²) >= 11 is 0. The third-order valence-corrected chi connectivity index (χ3v) is 17.4. The molecule has 2 saturated heterocycles. The zero-order valence-corrected chi connectivity index (χ0v) is 36.5. The highest BCUT2D eigenvalue weighted by Gasteiger charge is 2.85. The summed E-state index contributed by atoms with van der Waals surface area (Å²) in [6.45, 7) is 14.8. The summed E-state index contributed by atoms with van der Waals surface area (Å²) in [6, 6.07) is 3.96. The van der Waals surface area contributed by atoms with E-state index in [-0.39, 0.29) is 28.6 Å². The molecule has 0 radical (unpaired) electrons. The van der Waals surface area contributed by atoms with Gasteiger partial charge in [0, 0.05) is 41.9 Å². The number of hydrogen-bond donors (Lipinski definition) is 4. The van der Waals surface area contributed by atoms with Gasteiger partial charge >= 0.3 is 10.2 Å². The van der Waals surface area contributed by atoms with Gasteiger partial charge in [0.15, 0.2) is 0 Å². The first kappa shape index (κ1) is 42.5. The lowest BCUT2D eigenvalue weighted by molar-refractivity contribution is -0.145. The van der Waals surface area contributed by atoms with Gasteiger partial charge in [0.05, 0.1) is 6.26 Å². The van der Waals surface area contributed by atoms with Gasteiger partial charge in [0.25, 0.3) is 11.8 Å². The van der Waals surface area contributed by atoms with E-state index in [0.717, 1.165) is 56.8 Å². The van der Waals surface area contributed by atoms with Crippen LogP contribution in [0.25, 0.3) is 11.0 Å². The molecule has 0 unspecified atom stereocenters. The Bertz CT molecular complexity index is 2200. The van der Waals surface area contributed by atoms with Crippen molar-refractivity contribution >= 4 is 50.7 Å². The molecule has 4 aliphatic carbocycles. The van der Waals surface area contributed by atoms with Gasteiger partial charge in [-0.2, -0.15) is 12.7 Å². The van der Waals surface area contributed by atoms with E-state index in [1.807, 2.05) is 20.8 Å². The molecule has 2 spiro atoms. The Labute approximate surface area is 353 Å². The minimum Gasteiger partial charge on any atom is -0.464 e. The van der Waals surface area contributed by atoms with Crippen molar-refractivity contribution in [1.29, 1.82) is 0 Å². The van der Waals surface area contributed by atoms with Gasteiger partial charge in [-0.1, -0.05) is 66.4 Å². The van der Waals surface area contributed by atoms with Crippen LogP contribution in [0, 0.1) is 33.5 Å². The van der Waals surface area contributed by atoms with Crippen LogP contribution in [0.15, 0.2) is 47.6 Å². The number of nitrogens with one attached hydrogen (secondary N) is 4. The van der Waals surface area contributed by atoms with Crippen LogP contribution in [0.4, 0.5) is 0 Å². The first-order valence-electron chi connectivity index (χ1n) is 22.0. The average molecular weight is 847 g/mol. The van der Waals surface area contributed by atoms with Crippen molar-refractivity contribution in [3.8, 4) is 0 Å². The summed E-state index contributed by atoms with van der Waals surface area (Å²) in [4.78, 5) is 73.9. The van der Waals surface area contributed by atoms with Crippen molar-refractivity contribution in [3.05, 3.63) is 48.7 Å². The Morgan fingerprint density at radius 2 is 1.62 bits per heavy atom. The topological polar surface area (TPSA) is 187 Å². The number of furan rings is 1. The molecule has 1 aromatic heterocycles. The van der Waals surface area contributed by atoms with Crippen LogP contribution >= 0.6 is 0 Å². The minimum absolute atomic E-state index is 0.0357. The molecule has 6 atom stereocenters. The van der Waals surface area contributed by atoms with E-state index in [1.165, 1.54) is 4.31 Å². The maximum absolute atomic E-state index is 15.3. The predicted molar refractivity (Wildman–Crippen MR) is 225 cm³/mol. The van der Waals surface area contributed by atoms with Crippen molar-refractivity contribution in [3.63, 3.8) is 0 Å². The first-order chi connectivity index (χ1) is 28.3. The lowest BCUT2D eigenvalue weighted by Crippen LogP contribution is -2.62. The lowest BCUT2D eigenvalue weighted by atomic mass is 9.73. The quantitative estimate of drug-likeness (QED) is 0.216. The lowest BCUT2D eigenvalue weighted by Gasteiger charge is -2.38. The summed E-state index contributed by atoms with van der Waals surface area (Å²) in [5.41, 5.74) is -1.85.